The summed E-state index contributed by atoms with van der Waals surface area (Å²) in [4.78, 5) is 43.0. The highest BCUT2D eigenvalue weighted by Crippen LogP contribution is 2.34. The van der Waals surface area contributed by atoms with Crippen molar-refractivity contribution in [3.8, 4) is 5.69 Å². The SMILES string of the molecule is COC(=O)N1CCCC1c1ccc(NC(=O)C2c3ccccc3CCN2C(=O)C=Cc2cc(Cl)ccc2-n2cnnn2)cc1. The molecule has 3 heterocycles. The van der Waals surface area contributed by atoms with Gasteiger partial charge in [0, 0.05) is 35.4 Å². The van der Waals surface area contributed by atoms with E-state index in [9.17, 15) is 14.4 Å². The Hall–Kier alpha value is -5.03. The van der Waals surface area contributed by atoms with Gasteiger partial charge in [-0.1, -0.05) is 48.0 Å². The largest absolute Gasteiger partial charge is 0.453 e. The first-order chi connectivity index (χ1) is 21.4. The predicted molar refractivity (Wildman–Crippen MR) is 164 cm³/mol. The van der Waals surface area contributed by atoms with Crippen LogP contribution in [0.2, 0.25) is 5.02 Å². The molecular formula is C32H30ClN7O4. The van der Waals surface area contributed by atoms with E-state index in [0.29, 0.717) is 41.5 Å². The maximum atomic E-state index is 13.9. The normalized spacial score (nSPS) is 17.9. The van der Waals surface area contributed by atoms with Gasteiger partial charge >= 0.3 is 6.09 Å². The van der Waals surface area contributed by atoms with Gasteiger partial charge in [-0.2, -0.15) is 4.68 Å². The van der Waals surface area contributed by atoms with E-state index in [2.05, 4.69) is 20.8 Å². The number of benzene rings is 3. The fourth-order valence-electron chi connectivity index (χ4n) is 5.93. The molecule has 0 aliphatic carbocycles. The van der Waals surface area contributed by atoms with Crippen molar-refractivity contribution in [2.45, 2.75) is 31.3 Å². The predicted octanol–water partition coefficient (Wildman–Crippen LogP) is 5.00. The van der Waals surface area contributed by atoms with E-state index in [1.807, 2.05) is 48.5 Å². The summed E-state index contributed by atoms with van der Waals surface area (Å²) in [6.45, 7) is 1.02. The van der Waals surface area contributed by atoms with Crippen LogP contribution >= 0.6 is 11.6 Å². The molecular weight excluding hydrogens is 582 g/mol. The number of hydrogen-bond donors (Lipinski definition) is 1. The number of fused-ring (bicyclic) bond motifs is 1. The van der Waals surface area contributed by atoms with Crippen LogP contribution in [0.1, 0.15) is 47.2 Å². The first-order valence-corrected chi connectivity index (χ1v) is 14.7. The number of ether oxygens (including phenoxy) is 1. The number of nitrogens with zero attached hydrogens (tertiary/aromatic N) is 6. The van der Waals surface area contributed by atoms with E-state index >= 15 is 0 Å². The molecule has 2 aliphatic heterocycles. The monoisotopic (exact) mass is 611 g/mol. The summed E-state index contributed by atoms with van der Waals surface area (Å²) >= 11 is 6.25. The fourth-order valence-corrected chi connectivity index (χ4v) is 6.11. The number of rotatable bonds is 6. The second-order valence-corrected chi connectivity index (χ2v) is 11.0. The summed E-state index contributed by atoms with van der Waals surface area (Å²) in [5.74, 6) is -0.636. The summed E-state index contributed by atoms with van der Waals surface area (Å²) in [6.07, 6.45) is 6.57. The highest BCUT2D eigenvalue weighted by Gasteiger charge is 2.35. The average Bonchev–Trinajstić information content (AvgIpc) is 3.76. The molecule has 1 aromatic heterocycles. The summed E-state index contributed by atoms with van der Waals surface area (Å²) in [7, 11) is 1.38. The van der Waals surface area contributed by atoms with E-state index in [0.717, 1.165) is 29.5 Å². The van der Waals surface area contributed by atoms with Crippen molar-refractivity contribution < 1.29 is 19.1 Å². The number of anilines is 1. The lowest BCUT2D eigenvalue weighted by Crippen LogP contribution is -2.44. The van der Waals surface area contributed by atoms with Gasteiger partial charge in [0.15, 0.2) is 0 Å². The standard InChI is InChI=1S/C32H30ClN7O4/c1-44-32(43)38-17-4-7-27(38)22-8-12-25(13-9-22)35-31(42)30-26-6-3-2-5-21(26)16-18-39(30)29(41)15-10-23-19-24(33)11-14-28(23)40-20-34-36-37-40/h2-3,5-6,8-15,19-20,27,30H,4,7,16-18H2,1H3,(H,35,42). The number of hydrogen-bond acceptors (Lipinski definition) is 7. The van der Waals surface area contributed by atoms with E-state index in [-0.39, 0.29) is 23.9 Å². The zero-order chi connectivity index (χ0) is 30.6. The quantitative estimate of drug-likeness (QED) is 0.305. The van der Waals surface area contributed by atoms with Gasteiger partial charge in [0.2, 0.25) is 5.91 Å². The van der Waals surface area contributed by atoms with Crippen molar-refractivity contribution in [1.29, 1.82) is 0 Å². The third kappa shape index (κ3) is 5.91. The molecule has 2 atom stereocenters. The molecule has 12 heteroatoms. The van der Waals surface area contributed by atoms with Crippen molar-refractivity contribution in [1.82, 2.24) is 30.0 Å². The molecule has 2 aliphatic rings. The number of carbonyl (C=O) groups excluding carboxylic acids is 3. The first-order valence-electron chi connectivity index (χ1n) is 14.3. The Bertz CT molecular complexity index is 1710. The molecule has 224 valence electrons. The van der Waals surface area contributed by atoms with Crippen LogP contribution in [-0.4, -0.2) is 68.1 Å². The second kappa shape index (κ2) is 12.7. The van der Waals surface area contributed by atoms with Crippen LogP contribution < -0.4 is 5.32 Å². The third-order valence-electron chi connectivity index (χ3n) is 8.03. The maximum absolute atomic E-state index is 13.9. The summed E-state index contributed by atoms with van der Waals surface area (Å²) in [6, 6.07) is 19.4. The first kappa shape index (κ1) is 29.1. The van der Waals surface area contributed by atoms with Gasteiger partial charge in [0.05, 0.1) is 18.8 Å². The highest BCUT2D eigenvalue weighted by atomic mass is 35.5. The van der Waals surface area contributed by atoms with E-state index in [4.69, 9.17) is 16.3 Å². The minimum atomic E-state index is -0.834. The zero-order valence-electron chi connectivity index (χ0n) is 24.0. The van der Waals surface area contributed by atoms with Crippen LogP contribution in [0.25, 0.3) is 11.8 Å². The molecule has 11 nitrogen and oxygen atoms in total. The van der Waals surface area contributed by atoms with Gasteiger partial charge in [0.1, 0.15) is 12.4 Å². The molecule has 2 unspecified atom stereocenters. The highest BCUT2D eigenvalue weighted by molar-refractivity contribution is 6.30. The molecule has 44 heavy (non-hydrogen) atoms. The zero-order valence-corrected chi connectivity index (χ0v) is 24.7. The summed E-state index contributed by atoms with van der Waals surface area (Å²) in [5, 5.41) is 14.8. The molecule has 1 saturated heterocycles. The van der Waals surface area contributed by atoms with Crippen LogP contribution in [0.15, 0.2) is 79.1 Å². The molecule has 0 spiro atoms. The van der Waals surface area contributed by atoms with Crippen molar-refractivity contribution in [2.24, 2.45) is 0 Å². The van der Waals surface area contributed by atoms with Crippen molar-refractivity contribution in [3.63, 3.8) is 0 Å². The number of amides is 3. The minimum absolute atomic E-state index is 0.0712. The van der Waals surface area contributed by atoms with Gasteiger partial charge < -0.3 is 19.9 Å². The van der Waals surface area contributed by atoms with Crippen LogP contribution in [0.5, 0.6) is 0 Å². The Morgan fingerprint density at radius 3 is 2.61 bits per heavy atom. The second-order valence-electron chi connectivity index (χ2n) is 10.6. The molecule has 3 aromatic carbocycles. The average molecular weight is 612 g/mol. The lowest BCUT2D eigenvalue weighted by Gasteiger charge is -2.35. The van der Waals surface area contributed by atoms with Gasteiger partial charge in [-0.05, 0) is 82.8 Å². The van der Waals surface area contributed by atoms with Crippen LogP contribution in [0.4, 0.5) is 10.5 Å². The third-order valence-corrected chi connectivity index (χ3v) is 8.27. The molecule has 0 saturated carbocycles. The van der Waals surface area contributed by atoms with E-state index in [1.54, 1.807) is 34.1 Å². The molecule has 4 aromatic rings. The fraction of sp³-hybridized carbons (Fsp3) is 0.250. The number of carbonyl (C=O) groups is 3. The van der Waals surface area contributed by atoms with Crippen LogP contribution in [0, 0.1) is 0 Å². The number of likely N-dealkylation sites (tertiary alicyclic amines) is 1. The lowest BCUT2D eigenvalue weighted by atomic mass is 9.91. The molecule has 6 rings (SSSR count). The van der Waals surface area contributed by atoms with Gasteiger partial charge in [-0.25, -0.2) is 4.79 Å². The van der Waals surface area contributed by atoms with Crippen molar-refractivity contribution in [2.75, 3.05) is 25.5 Å². The molecule has 0 radical (unpaired) electrons. The lowest BCUT2D eigenvalue weighted by molar-refractivity contribution is -0.135. The molecule has 0 bridgehead atoms. The van der Waals surface area contributed by atoms with E-state index < -0.39 is 6.04 Å². The molecule has 1 N–H and O–H groups in total. The summed E-state index contributed by atoms with van der Waals surface area (Å²) in [5.41, 5.74) is 4.67. The molecule has 1 fully saturated rings. The van der Waals surface area contributed by atoms with Gasteiger partial charge in [-0.15, -0.1) is 5.10 Å². The number of tetrazole rings is 1. The Balaban J connectivity index is 1.23. The number of nitrogens with one attached hydrogen (secondary N) is 1. The van der Waals surface area contributed by atoms with E-state index in [1.165, 1.54) is 24.2 Å². The van der Waals surface area contributed by atoms with Gasteiger partial charge in [0.25, 0.3) is 5.91 Å². The summed E-state index contributed by atoms with van der Waals surface area (Å²) < 4.78 is 6.42. The Morgan fingerprint density at radius 1 is 1.02 bits per heavy atom. The number of aromatic nitrogens is 4. The Labute approximate surface area is 259 Å². The Morgan fingerprint density at radius 2 is 1.84 bits per heavy atom. The maximum Gasteiger partial charge on any atom is 0.409 e. The number of methoxy groups -OCH3 is 1. The van der Waals surface area contributed by atoms with Gasteiger partial charge in [-0.3, -0.25) is 9.59 Å². The molecule has 3 amide bonds. The number of halogens is 1. The van der Waals surface area contributed by atoms with Crippen molar-refractivity contribution in [3.05, 3.63) is 106 Å². The minimum Gasteiger partial charge on any atom is -0.453 e. The smallest absolute Gasteiger partial charge is 0.409 e. The van der Waals surface area contributed by atoms with Crippen molar-refractivity contribution >= 4 is 41.3 Å². The Kier molecular flexibility index (Phi) is 8.38. The topological polar surface area (TPSA) is 123 Å². The van der Waals surface area contributed by atoms with Crippen LogP contribution in [-0.2, 0) is 20.7 Å². The van der Waals surface area contributed by atoms with Crippen LogP contribution in [0.3, 0.4) is 0 Å².